The smallest absolute Gasteiger partial charge is 0.0912 e. The highest BCUT2D eigenvalue weighted by Gasteiger charge is 1.89. The lowest BCUT2D eigenvalue weighted by molar-refractivity contribution is 0.273. The van der Waals surface area contributed by atoms with Crippen molar-refractivity contribution in [1.82, 2.24) is 0 Å². The standard InChI is InChI=1S/C10H13OP/c1-2-11-8-9-12-10-6-4-3-5-7-10/h2-7,12H,1,8-9H2. The van der Waals surface area contributed by atoms with E-state index in [0.717, 1.165) is 21.3 Å². The largest absolute Gasteiger partial charge is 0.501 e. The van der Waals surface area contributed by atoms with Gasteiger partial charge in [-0.1, -0.05) is 45.5 Å². The molecule has 0 aromatic heterocycles. The van der Waals surface area contributed by atoms with Crippen LogP contribution < -0.4 is 5.30 Å². The molecule has 0 bridgehead atoms. The first-order chi connectivity index (χ1) is 5.93. The van der Waals surface area contributed by atoms with Crippen molar-refractivity contribution in [2.24, 2.45) is 0 Å². The van der Waals surface area contributed by atoms with E-state index in [2.05, 4.69) is 30.8 Å². The van der Waals surface area contributed by atoms with Crippen LogP contribution in [0, 0.1) is 0 Å². The van der Waals surface area contributed by atoms with Crippen molar-refractivity contribution in [2.45, 2.75) is 0 Å². The van der Waals surface area contributed by atoms with Crippen LogP contribution in [0.25, 0.3) is 0 Å². The van der Waals surface area contributed by atoms with Gasteiger partial charge in [0.05, 0.1) is 12.9 Å². The monoisotopic (exact) mass is 180 g/mol. The average Bonchev–Trinajstić information content (AvgIpc) is 2.14. The maximum absolute atomic E-state index is 5.03. The van der Waals surface area contributed by atoms with Gasteiger partial charge in [0.15, 0.2) is 0 Å². The Labute approximate surface area is 75.2 Å². The SMILES string of the molecule is C=COCCPc1ccccc1. The zero-order valence-corrected chi connectivity index (χ0v) is 7.99. The van der Waals surface area contributed by atoms with Crippen LogP contribution in [0.5, 0.6) is 0 Å². The van der Waals surface area contributed by atoms with Gasteiger partial charge in [0.25, 0.3) is 0 Å². The van der Waals surface area contributed by atoms with E-state index in [4.69, 9.17) is 4.74 Å². The van der Waals surface area contributed by atoms with Crippen molar-refractivity contribution in [3.63, 3.8) is 0 Å². The summed E-state index contributed by atoms with van der Waals surface area (Å²) in [4.78, 5) is 0. The predicted octanol–water partition coefficient (Wildman–Crippen LogP) is 2.15. The number of hydrogen-bond acceptors (Lipinski definition) is 1. The molecule has 2 heteroatoms. The molecule has 0 saturated heterocycles. The van der Waals surface area contributed by atoms with E-state index in [0.29, 0.717) is 0 Å². The van der Waals surface area contributed by atoms with Gasteiger partial charge < -0.3 is 4.74 Å². The van der Waals surface area contributed by atoms with Crippen molar-refractivity contribution >= 4 is 13.9 Å². The molecule has 12 heavy (non-hydrogen) atoms. The van der Waals surface area contributed by atoms with E-state index < -0.39 is 0 Å². The Kier molecular flexibility index (Phi) is 4.48. The molecule has 0 heterocycles. The summed E-state index contributed by atoms with van der Waals surface area (Å²) < 4.78 is 5.03. The molecular weight excluding hydrogens is 167 g/mol. The minimum Gasteiger partial charge on any atom is -0.501 e. The quantitative estimate of drug-likeness (QED) is 0.383. The van der Waals surface area contributed by atoms with E-state index in [-0.39, 0.29) is 0 Å². The third-order valence-corrected chi connectivity index (χ3v) is 2.64. The number of rotatable bonds is 5. The molecule has 1 rings (SSSR count). The third-order valence-electron chi connectivity index (χ3n) is 1.44. The summed E-state index contributed by atoms with van der Waals surface area (Å²) in [7, 11) is 0.842. The Bertz CT molecular complexity index is 221. The third kappa shape index (κ3) is 3.54. The zero-order chi connectivity index (χ0) is 8.65. The molecule has 0 aliphatic rings. The molecule has 0 aliphatic carbocycles. The van der Waals surface area contributed by atoms with Crippen LogP contribution >= 0.6 is 8.58 Å². The van der Waals surface area contributed by atoms with Crippen LogP contribution in [0.3, 0.4) is 0 Å². The minimum atomic E-state index is 0.775. The maximum atomic E-state index is 5.03. The first-order valence-corrected chi connectivity index (χ1v) is 5.15. The summed E-state index contributed by atoms with van der Waals surface area (Å²) in [6.45, 7) is 4.26. The first kappa shape index (κ1) is 9.28. The summed E-state index contributed by atoms with van der Waals surface area (Å²) in [5, 5.41) is 1.39. The highest BCUT2D eigenvalue weighted by atomic mass is 31.1. The number of ether oxygens (including phenoxy) is 1. The first-order valence-electron chi connectivity index (χ1n) is 3.95. The molecule has 0 aliphatic heterocycles. The van der Waals surface area contributed by atoms with Gasteiger partial charge in [0.2, 0.25) is 0 Å². The molecule has 0 fully saturated rings. The summed E-state index contributed by atoms with van der Waals surface area (Å²) in [6.07, 6.45) is 2.57. The van der Waals surface area contributed by atoms with E-state index >= 15 is 0 Å². The molecule has 0 radical (unpaired) electrons. The lowest BCUT2D eigenvalue weighted by Gasteiger charge is -2.00. The van der Waals surface area contributed by atoms with Crippen LogP contribution in [0.4, 0.5) is 0 Å². The second-order valence-electron chi connectivity index (χ2n) is 2.33. The van der Waals surface area contributed by atoms with Gasteiger partial charge in [-0.25, -0.2) is 0 Å². The Morgan fingerprint density at radius 1 is 1.33 bits per heavy atom. The molecule has 0 saturated carbocycles. The summed E-state index contributed by atoms with van der Waals surface area (Å²) in [5.41, 5.74) is 0. The molecular formula is C10H13OP. The van der Waals surface area contributed by atoms with Gasteiger partial charge >= 0.3 is 0 Å². The van der Waals surface area contributed by atoms with Crippen molar-refractivity contribution < 1.29 is 4.74 Å². The second kappa shape index (κ2) is 5.79. The Balaban J connectivity index is 2.20. The summed E-state index contributed by atoms with van der Waals surface area (Å²) in [6, 6.07) is 10.5. The molecule has 1 atom stereocenters. The zero-order valence-electron chi connectivity index (χ0n) is 6.99. The highest BCUT2D eigenvalue weighted by molar-refractivity contribution is 7.47. The molecule has 1 aromatic carbocycles. The van der Waals surface area contributed by atoms with Gasteiger partial charge in [-0.15, -0.1) is 0 Å². The van der Waals surface area contributed by atoms with Crippen LogP contribution in [-0.2, 0) is 4.74 Å². The maximum Gasteiger partial charge on any atom is 0.0912 e. The van der Waals surface area contributed by atoms with Crippen molar-refractivity contribution in [3.05, 3.63) is 43.2 Å². The lowest BCUT2D eigenvalue weighted by Crippen LogP contribution is -1.97. The van der Waals surface area contributed by atoms with Crippen molar-refractivity contribution in [3.8, 4) is 0 Å². The number of benzene rings is 1. The molecule has 0 spiro atoms. The summed E-state index contributed by atoms with van der Waals surface area (Å²) in [5.74, 6) is 0. The second-order valence-corrected chi connectivity index (χ2v) is 3.76. The van der Waals surface area contributed by atoms with Crippen LogP contribution in [0.15, 0.2) is 43.2 Å². The predicted molar refractivity (Wildman–Crippen MR) is 55.4 cm³/mol. The topological polar surface area (TPSA) is 9.23 Å². The van der Waals surface area contributed by atoms with Crippen LogP contribution in [0.2, 0.25) is 0 Å². The van der Waals surface area contributed by atoms with Crippen LogP contribution in [-0.4, -0.2) is 12.8 Å². The molecule has 0 amide bonds. The van der Waals surface area contributed by atoms with Gasteiger partial charge in [0.1, 0.15) is 0 Å². The summed E-state index contributed by atoms with van der Waals surface area (Å²) >= 11 is 0. The molecule has 1 aromatic rings. The lowest BCUT2D eigenvalue weighted by atomic mass is 10.4. The minimum absolute atomic E-state index is 0.775. The van der Waals surface area contributed by atoms with E-state index in [9.17, 15) is 0 Å². The van der Waals surface area contributed by atoms with Gasteiger partial charge in [-0.2, -0.15) is 0 Å². The normalized spacial score (nSPS) is 10.3. The van der Waals surface area contributed by atoms with Crippen molar-refractivity contribution in [2.75, 3.05) is 12.8 Å². The number of hydrogen-bond donors (Lipinski definition) is 0. The Morgan fingerprint density at radius 3 is 2.75 bits per heavy atom. The fourth-order valence-electron chi connectivity index (χ4n) is 0.894. The van der Waals surface area contributed by atoms with Crippen LogP contribution in [0.1, 0.15) is 0 Å². The van der Waals surface area contributed by atoms with Gasteiger partial charge in [0, 0.05) is 6.16 Å². The molecule has 1 unspecified atom stereocenters. The molecule has 1 nitrogen and oxygen atoms in total. The Hall–Kier alpha value is -0.810. The van der Waals surface area contributed by atoms with Crippen molar-refractivity contribution in [1.29, 1.82) is 0 Å². The van der Waals surface area contributed by atoms with Gasteiger partial charge in [-0.3, -0.25) is 0 Å². The molecule has 0 N–H and O–H groups in total. The van der Waals surface area contributed by atoms with E-state index in [1.54, 1.807) is 0 Å². The molecule has 64 valence electrons. The van der Waals surface area contributed by atoms with E-state index in [1.807, 2.05) is 6.07 Å². The van der Waals surface area contributed by atoms with E-state index in [1.165, 1.54) is 11.6 Å². The highest BCUT2D eigenvalue weighted by Crippen LogP contribution is 2.08. The fourth-order valence-corrected chi connectivity index (χ4v) is 1.83. The van der Waals surface area contributed by atoms with Gasteiger partial charge in [-0.05, 0) is 5.30 Å². The Morgan fingerprint density at radius 2 is 2.08 bits per heavy atom. The fraction of sp³-hybridized carbons (Fsp3) is 0.200. The average molecular weight is 180 g/mol.